The summed E-state index contributed by atoms with van der Waals surface area (Å²) in [5, 5.41) is 2.96. The van der Waals surface area contributed by atoms with E-state index in [9.17, 15) is 4.79 Å². The molecule has 0 spiro atoms. The summed E-state index contributed by atoms with van der Waals surface area (Å²) in [7, 11) is 0. The van der Waals surface area contributed by atoms with Crippen LogP contribution in [-0.2, 0) is 0 Å². The van der Waals surface area contributed by atoms with E-state index >= 15 is 0 Å². The van der Waals surface area contributed by atoms with Crippen LogP contribution >= 0.6 is 0 Å². The summed E-state index contributed by atoms with van der Waals surface area (Å²) in [6.45, 7) is 1.68. The van der Waals surface area contributed by atoms with E-state index in [2.05, 4.69) is 15.0 Å². The molecule has 0 N–H and O–H groups in total. The van der Waals surface area contributed by atoms with Crippen molar-refractivity contribution >= 4 is 5.91 Å². The number of hydrogen-bond donors (Lipinski definition) is 0. The molecule has 0 bridgehead atoms. The minimum absolute atomic E-state index is 0.343. The monoisotopic (exact) mass is 162 g/mol. The van der Waals surface area contributed by atoms with Gasteiger partial charge in [0, 0.05) is 22.4 Å². The maximum atomic E-state index is 11.0. The van der Waals surface area contributed by atoms with Crippen molar-refractivity contribution in [1.29, 1.82) is 0 Å². The highest BCUT2D eigenvalue weighted by molar-refractivity contribution is 5.95. The molecule has 0 fully saturated rings. The van der Waals surface area contributed by atoms with Crippen LogP contribution in [0.1, 0.15) is 16.1 Å². The lowest BCUT2D eigenvalue weighted by Crippen LogP contribution is -1.98. The van der Waals surface area contributed by atoms with Crippen LogP contribution in [0.15, 0.2) is 23.4 Å². The molecule has 1 rings (SSSR count). The summed E-state index contributed by atoms with van der Waals surface area (Å²) in [5.74, 6) is -0.594. The van der Waals surface area contributed by atoms with E-state index in [0.29, 0.717) is 11.3 Å². The van der Waals surface area contributed by atoms with Crippen molar-refractivity contribution in [3.63, 3.8) is 0 Å². The van der Waals surface area contributed by atoms with E-state index in [-0.39, 0.29) is 0 Å². The summed E-state index contributed by atoms with van der Waals surface area (Å²) in [5.41, 5.74) is 8.91. The maximum absolute atomic E-state index is 11.0. The van der Waals surface area contributed by atoms with Crippen molar-refractivity contribution in [3.05, 3.63) is 40.0 Å². The van der Waals surface area contributed by atoms with Gasteiger partial charge in [-0.1, -0.05) is 0 Å². The van der Waals surface area contributed by atoms with Crippen molar-refractivity contribution < 1.29 is 4.79 Å². The first-order chi connectivity index (χ1) is 5.75. The Labute approximate surface area is 68.7 Å². The fourth-order valence-corrected chi connectivity index (χ4v) is 0.805. The first kappa shape index (κ1) is 8.23. The number of nitrogens with zero attached hydrogens (tertiary/aromatic N) is 4. The van der Waals surface area contributed by atoms with Gasteiger partial charge in [0.1, 0.15) is 0 Å². The molecule has 0 radical (unpaired) electrons. The molecule has 0 aliphatic rings. The molecule has 1 heterocycles. The molecule has 12 heavy (non-hydrogen) atoms. The molecule has 0 saturated heterocycles. The molecular weight excluding hydrogens is 156 g/mol. The van der Waals surface area contributed by atoms with Gasteiger partial charge in [-0.25, -0.2) is 0 Å². The molecule has 0 unspecified atom stereocenters. The molecule has 0 aromatic carbocycles. The van der Waals surface area contributed by atoms with Crippen molar-refractivity contribution in [2.45, 2.75) is 6.92 Å². The van der Waals surface area contributed by atoms with Gasteiger partial charge >= 0.3 is 0 Å². The first-order valence-corrected chi connectivity index (χ1v) is 3.26. The van der Waals surface area contributed by atoms with E-state index in [1.54, 1.807) is 25.3 Å². The second kappa shape index (κ2) is 3.50. The first-order valence-electron chi connectivity index (χ1n) is 3.26. The second-order valence-electron chi connectivity index (χ2n) is 2.13. The average Bonchev–Trinajstić information content (AvgIpc) is 2.05. The van der Waals surface area contributed by atoms with E-state index in [1.807, 2.05) is 0 Å². The molecule has 0 saturated carbocycles. The fraction of sp³-hybridized carbons (Fsp3) is 0.143. The smallest absolute Gasteiger partial charge is 0.250 e. The van der Waals surface area contributed by atoms with Gasteiger partial charge in [0.05, 0.1) is 0 Å². The second-order valence-corrected chi connectivity index (χ2v) is 2.13. The number of aryl methyl sites for hydroxylation is 1. The third-order valence-electron chi connectivity index (χ3n) is 1.37. The Morgan fingerprint density at radius 2 is 2.50 bits per heavy atom. The zero-order valence-electron chi connectivity index (χ0n) is 6.43. The van der Waals surface area contributed by atoms with Crippen LogP contribution in [-0.4, -0.2) is 10.9 Å². The van der Waals surface area contributed by atoms with E-state index in [4.69, 9.17) is 5.53 Å². The van der Waals surface area contributed by atoms with Gasteiger partial charge in [0.25, 0.3) is 5.91 Å². The third-order valence-corrected chi connectivity index (χ3v) is 1.37. The SMILES string of the molecule is Cc1ncccc1C(=O)N=[N+]=[N-]. The van der Waals surface area contributed by atoms with Gasteiger partial charge in [0.15, 0.2) is 0 Å². The zero-order valence-corrected chi connectivity index (χ0v) is 6.43. The molecule has 1 aromatic rings. The predicted octanol–water partition coefficient (Wildman–Crippen LogP) is 1.84. The number of carbonyl (C=O) groups is 1. The summed E-state index contributed by atoms with van der Waals surface area (Å²) >= 11 is 0. The van der Waals surface area contributed by atoms with Gasteiger partial charge in [-0.05, 0) is 29.7 Å². The van der Waals surface area contributed by atoms with E-state index < -0.39 is 5.91 Å². The lowest BCUT2D eigenvalue weighted by atomic mass is 10.2. The molecule has 60 valence electrons. The van der Waals surface area contributed by atoms with Gasteiger partial charge in [-0.15, -0.1) is 0 Å². The summed E-state index contributed by atoms with van der Waals surface area (Å²) in [6, 6.07) is 3.19. The number of amides is 1. The third kappa shape index (κ3) is 1.59. The highest BCUT2D eigenvalue weighted by Crippen LogP contribution is 2.04. The zero-order chi connectivity index (χ0) is 8.97. The Bertz CT molecular complexity index is 354. The van der Waals surface area contributed by atoms with Crippen LogP contribution in [0.4, 0.5) is 0 Å². The number of pyridine rings is 1. The summed E-state index contributed by atoms with van der Waals surface area (Å²) in [4.78, 5) is 17.3. The fourth-order valence-electron chi connectivity index (χ4n) is 0.805. The van der Waals surface area contributed by atoms with Gasteiger partial charge in [-0.3, -0.25) is 9.78 Å². The van der Waals surface area contributed by atoms with Gasteiger partial charge in [0.2, 0.25) is 0 Å². The normalized spacial score (nSPS) is 8.75. The van der Waals surface area contributed by atoms with Crippen LogP contribution in [0, 0.1) is 6.92 Å². The van der Waals surface area contributed by atoms with Gasteiger partial charge < -0.3 is 0 Å². The topological polar surface area (TPSA) is 78.7 Å². The van der Waals surface area contributed by atoms with Crippen LogP contribution in [0.2, 0.25) is 0 Å². The Hall–Kier alpha value is -1.87. The van der Waals surface area contributed by atoms with Crippen molar-refractivity contribution in [3.8, 4) is 0 Å². The standard InChI is InChI=1S/C7H6N4O/c1-5-6(3-2-4-9-5)7(12)10-11-8/h2-4H,1H3. The molecule has 5 nitrogen and oxygen atoms in total. The number of rotatable bonds is 1. The lowest BCUT2D eigenvalue weighted by molar-refractivity contribution is 0.0999. The molecule has 0 aliphatic heterocycles. The minimum atomic E-state index is -0.594. The summed E-state index contributed by atoms with van der Waals surface area (Å²) < 4.78 is 0. The minimum Gasteiger partial charge on any atom is -0.287 e. The predicted molar refractivity (Wildman–Crippen MR) is 42.5 cm³/mol. The maximum Gasteiger partial charge on any atom is 0.250 e. The van der Waals surface area contributed by atoms with E-state index in [0.717, 1.165) is 0 Å². The highest BCUT2D eigenvalue weighted by Gasteiger charge is 2.05. The average molecular weight is 162 g/mol. The Kier molecular flexibility index (Phi) is 2.40. The molecule has 5 heteroatoms. The Balaban J connectivity index is 3.11. The Morgan fingerprint density at radius 3 is 3.08 bits per heavy atom. The van der Waals surface area contributed by atoms with Crippen molar-refractivity contribution in [1.82, 2.24) is 4.98 Å². The van der Waals surface area contributed by atoms with Crippen LogP contribution < -0.4 is 0 Å². The molecular formula is C7H6N4O. The molecule has 0 aliphatic carbocycles. The van der Waals surface area contributed by atoms with Crippen LogP contribution in [0.25, 0.3) is 10.4 Å². The molecule has 0 atom stereocenters. The Morgan fingerprint density at radius 1 is 1.75 bits per heavy atom. The highest BCUT2D eigenvalue weighted by atomic mass is 16.1. The number of hydrogen-bond acceptors (Lipinski definition) is 2. The van der Waals surface area contributed by atoms with Gasteiger partial charge in [-0.2, -0.15) is 0 Å². The number of carbonyl (C=O) groups excluding carboxylic acids is 1. The number of aromatic nitrogens is 1. The molecule has 1 amide bonds. The van der Waals surface area contributed by atoms with Crippen molar-refractivity contribution in [2.24, 2.45) is 5.11 Å². The number of azide groups is 1. The largest absolute Gasteiger partial charge is 0.287 e. The summed E-state index contributed by atoms with van der Waals surface area (Å²) in [6.07, 6.45) is 1.57. The van der Waals surface area contributed by atoms with Crippen LogP contribution in [0.3, 0.4) is 0 Å². The van der Waals surface area contributed by atoms with Crippen LogP contribution in [0.5, 0.6) is 0 Å². The van der Waals surface area contributed by atoms with Crippen molar-refractivity contribution in [2.75, 3.05) is 0 Å². The quantitative estimate of drug-likeness (QED) is 0.358. The molecule has 1 aromatic heterocycles. The van der Waals surface area contributed by atoms with E-state index in [1.165, 1.54) is 0 Å². The lowest BCUT2D eigenvalue weighted by Gasteiger charge is -1.96.